The minimum Gasteiger partial charge on any atom is -0.320 e. The molecule has 1 fully saturated rings. The lowest BCUT2D eigenvalue weighted by Gasteiger charge is -2.29. The molecule has 1 aliphatic rings. The lowest BCUT2D eigenvalue weighted by atomic mass is 9.79. The number of imidazole rings is 1. The molecule has 154 valence electrons. The molecule has 0 bridgehead atoms. The third kappa shape index (κ3) is 4.73. The number of thioether (sulfide) groups is 1. The quantitative estimate of drug-likeness (QED) is 0.416. The van der Waals surface area contributed by atoms with Gasteiger partial charge in [-0.05, 0) is 47.6 Å². The lowest BCUT2D eigenvalue weighted by molar-refractivity contribution is -0.0381. The van der Waals surface area contributed by atoms with Gasteiger partial charge in [-0.15, -0.1) is 11.8 Å². The van der Waals surface area contributed by atoms with E-state index < -0.39 is 5.92 Å². The molecule has 0 N–H and O–H groups in total. The molecule has 1 aliphatic carbocycles. The topological polar surface area (TPSA) is 41.6 Å². The van der Waals surface area contributed by atoms with Crippen molar-refractivity contribution in [2.24, 2.45) is 0 Å². The molecular formula is C24H23F2N3S. The van der Waals surface area contributed by atoms with Gasteiger partial charge >= 0.3 is 0 Å². The van der Waals surface area contributed by atoms with Crippen molar-refractivity contribution in [1.82, 2.24) is 9.55 Å². The smallest absolute Gasteiger partial charge is 0.248 e. The molecule has 6 heteroatoms. The minimum absolute atomic E-state index is 0.0247. The van der Waals surface area contributed by atoms with Crippen molar-refractivity contribution in [3.05, 3.63) is 72.3 Å². The molecule has 0 radical (unpaired) electrons. The summed E-state index contributed by atoms with van der Waals surface area (Å²) in [5.74, 6) is -0.744. The van der Waals surface area contributed by atoms with Gasteiger partial charge in [0.2, 0.25) is 5.92 Å². The van der Waals surface area contributed by atoms with Crippen molar-refractivity contribution in [2.75, 3.05) is 0 Å². The van der Waals surface area contributed by atoms with Crippen LogP contribution in [-0.2, 0) is 12.3 Å². The van der Waals surface area contributed by atoms with Crippen LogP contribution in [0.3, 0.4) is 0 Å². The monoisotopic (exact) mass is 423 g/mol. The van der Waals surface area contributed by atoms with Crippen LogP contribution in [0.4, 0.5) is 8.78 Å². The highest BCUT2D eigenvalue weighted by molar-refractivity contribution is 7.98. The first-order valence-electron chi connectivity index (χ1n) is 10.1. The van der Waals surface area contributed by atoms with Crippen LogP contribution in [0.15, 0.2) is 65.8 Å². The van der Waals surface area contributed by atoms with Crippen LogP contribution in [0.5, 0.6) is 0 Å². The molecule has 3 nitrogen and oxygen atoms in total. The first kappa shape index (κ1) is 20.6. The predicted molar refractivity (Wildman–Crippen MR) is 115 cm³/mol. The average molecular weight is 424 g/mol. The molecule has 0 spiro atoms. The average Bonchev–Trinajstić information content (AvgIpc) is 3.20. The van der Waals surface area contributed by atoms with Crippen molar-refractivity contribution >= 4 is 11.8 Å². The minimum atomic E-state index is -2.51. The summed E-state index contributed by atoms with van der Waals surface area (Å²) in [6, 6.07) is 18.7. The van der Waals surface area contributed by atoms with Crippen molar-refractivity contribution < 1.29 is 8.78 Å². The molecule has 1 heterocycles. The number of hydrogen-bond acceptors (Lipinski definition) is 3. The van der Waals surface area contributed by atoms with E-state index in [0.29, 0.717) is 25.1 Å². The Balaban J connectivity index is 1.47. The van der Waals surface area contributed by atoms with Gasteiger partial charge in [-0.3, -0.25) is 0 Å². The first-order valence-corrected chi connectivity index (χ1v) is 11.1. The second-order valence-corrected chi connectivity index (χ2v) is 8.71. The number of alkyl halides is 2. The molecule has 4 rings (SSSR count). The molecule has 2 aromatic carbocycles. The highest BCUT2D eigenvalue weighted by atomic mass is 32.2. The number of nitrogens with zero attached hydrogens (tertiary/aromatic N) is 3. The van der Waals surface area contributed by atoms with Crippen LogP contribution in [0.2, 0.25) is 0 Å². The SMILES string of the molecule is N#CCn1ccnc1CSc1ccc(-c2ccccc2C2CCC(F)(F)CC2)cc1. The summed E-state index contributed by atoms with van der Waals surface area (Å²) in [5.41, 5.74) is 3.42. The molecule has 3 aromatic rings. The second kappa shape index (κ2) is 9.01. The number of hydrogen-bond donors (Lipinski definition) is 0. The molecule has 0 atom stereocenters. The van der Waals surface area contributed by atoms with Crippen LogP contribution in [0.1, 0.15) is 43.0 Å². The fourth-order valence-electron chi connectivity index (χ4n) is 4.05. The van der Waals surface area contributed by atoms with Gasteiger partial charge in [0, 0.05) is 30.1 Å². The summed E-state index contributed by atoms with van der Waals surface area (Å²) in [5, 5.41) is 8.89. The molecular weight excluding hydrogens is 400 g/mol. The van der Waals surface area contributed by atoms with Crippen molar-refractivity contribution in [2.45, 2.75) is 54.7 Å². The maximum Gasteiger partial charge on any atom is 0.248 e. The van der Waals surface area contributed by atoms with E-state index in [9.17, 15) is 8.78 Å². The van der Waals surface area contributed by atoms with Crippen LogP contribution in [0, 0.1) is 11.3 Å². The zero-order valence-corrected chi connectivity index (χ0v) is 17.4. The Morgan fingerprint density at radius 3 is 2.57 bits per heavy atom. The Morgan fingerprint density at radius 1 is 1.10 bits per heavy atom. The summed E-state index contributed by atoms with van der Waals surface area (Å²) < 4.78 is 29.0. The highest BCUT2D eigenvalue weighted by Gasteiger charge is 2.35. The number of halogens is 2. The van der Waals surface area contributed by atoms with Crippen molar-refractivity contribution in [3.8, 4) is 17.2 Å². The summed E-state index contributed by atoms with van der Waals surface area (Å²) in [6.45, 7) is 0.304. The highest BCUT2D eigenvalue weighted by Crippen LogP contribution is 2.43. The Labute approximate surface area is 179 Å². The van der Waals surface area contributed by atoms with Gasteiger partial charge in [-0.2, -0.15) is 5.26 Å². The van der Waals surface area contributed by atoms with E-state index in [1.165, 1.54) is 5.56 Å². The van der Waals surface area contributed by atoms with E-state index >= 15 is 0 Å². The van der Waals surface area contributed by atoms with E-state index in [-0.39, 0.29) is 18.8 Å². The molecule has 0 aliphatic heterocycles. The first-order chi connectivity index (χ1) is 14.6. The predicted octanol–water partition coefficient (Wildman–Crippen LogP) is 6.66. The molecule has 1 aromatic heterocycles. The molecule has 30 heavy (non-hydrogen) atoms. The van der Waals surface area contributed by atoms with Gasteiger partial charge in [0.1, 0.15) is 12.4 Å². The Bertz CT molecular complexity index is 1030. The standard InChI is InChI=1S/C24H23F2N3S/c25-24(26)11-9-19(10-12-24)22-4-2-1-3-21(22)18-5-7-20(8-6-18)30-17-23-28-14-16-29(23)15-13-27/h1-8,14,16,19H,9-12,15,17H2. The maximum atomic E-state index is 13.6. The van der Waals surface area contributed by atoms with Gasteiger partial charge in [0.05, 0.1) is 11.8 Å². The third-order valence-electron chi connectivity index (χ3n) is 5.69. The van der Waals surface area contributed by atoms with Gasteiger partial charge in [0.15, 0.2) is 0 Å². The number of nitriles is 1. The fraction of sp³-hybridized carbons (Fsp3) is 0.333. The zero-order valence-electron chi connectivity index (χ0n) is 16.6. The Kier molecular flexibility index (Phi) is 6.19. The summed E-state index contributed by atoms with van der Waals surface area (Å²) in [6.07, 6.45) is 4.56. The van der Waals surface area contributed by atoms with Gasteiger partial charge in [-0.25, -0.2) is 13.8 Å². The zero-order chi connectivity index (χ0) is 21.0. The Hall–Kier alpha value is -2.65. The normalized spacial score (nSPS) is 16.3. The number of benzene rings is 2. The van der Waals surface area contributed by atoms with E-state index in [2.05, 4.69) is 47.5 Å². The van der Waals surface area contributed by atoms with Gasteiger partial charge in [0.25, 0.3) is 0 Å². The van der Waals surface area contributed by atoms with Crippen molar-refractivity contribution in [1.29, 1.82) is 5.26 Å². The van der Waals surface area contributed by atoms with Gasteiger partial charge in [-0.1, -0.05) is 36.4 Å². The Morgan fingerprint density at radius 2 is 1.83 bits per heavy atom. The van der Waals surface area contributed by atoms with Crippen LogP contribution >= 0.6 is 11.8 Å². The molecule has 0 unspecified atom stereocenters. The van der Waals surface area contributed by atoms with Crippen molar-refractivity contribution in [3.63, 3.8) is 0 Å². The van der Waals surface area contributed by atoms with Gasteiger partial charge < -0.3 is 4.57 Å². The molecule has 1 saturated carbocycles. The fourth-order valence-corrected chi connectivity index (χ4v) is 4.91. The van der Waals surface area contributed by atoms with Crippen LogP contribution < -0.4 is 0 Å². The van der Waals surface area contributed by atoms with E-state index in [1.807, 2.05) is 22.9 Å². The summed E-state index contributed by atoms with van der Waals surface area (Å²) in [4.78, 5) is 5.45. The van der Waals surface area contributed by atoms with Crippen LogP contribution in [0.25, 0.3) is 11.1 Å². The molecule has 0 amide bonds. The number of rotatable bonds is 6. The van der Waals surface area contributed by atoms with E-state index in [0.717, 1.165) is 21.8 Å². The summed E-state index contributed by atoms with van der Waals surface area (Å²) >= 11 is 1.68. The molecule has 0 saturated heterocycles. The van der Waals surface area contributed by atoms with Crippen LogP contribution in [-0.4, -0.2) is 15.5 Å². The summed E-state index contributed by atoms with van der Waals surface area (Å²) in [7, 11) is 0. The maximum absolute atomic E-state index is 13.6. The third-order valence-corrected chi connectivity index (χ3v) is 6.70. The van der Waals surface area contributed by atoms with E-state index in [1.54, 1.807) is 18.0 Å². The lowest BCUT2D eigenvalue weighted by Crippen LogP contribution is -2.23. The largest absolute Gasteiger partial charge is 0.320 e. The van der Waals surface area contributed by atoms with E-state index in [4.69, 9.17) is 5.26 Å². The second-order valence-electron chi connectivity index (χ2n) is 7.66. The number of aromatic nitrogens is 2.